The van der Waals surface area contributed by atoms with E-state index >= 15 is 0 Å². The van der Waals surface area contributed by atoms with Gasteiger partial charge in [0.15, 0.2) is 5.88 Å². The predicted octanol–water partition coefficient (Wildman–Crippen LogP) is 5.14. The SMILES string of the molecule is CCOc1ccc(C2N=CC3c4ccccc4C=C(OCc4ccccn4)N32)cc1. The number of nitrogens with zero attached hydrogens (tertiary/aromatic N) is 3. The normalized spacial score (nSPS) is 19.1. The standard InChI is InChI=1S/C25H23N3O2/c1-2-29-21-12-10-18(11-13-21)25-27-16-23-22-9-4-3-7-19(22)15-24(28(23)25)30-17-20-8-5-6-14-26-20/h3-16,23,25H,2,17H2,1H3. The average molecular weight is 397 g/mol. The lowest BCUT2D eigenvalue weighted by Gasteiger charge is -2.36. The molecule has 150 valence electrons. The quantitative estimate of drug-likeness (QED) is 0.578. The zero-order chi connectivity index (χ0) is 20.3. The van der Waals surface area contributed by atoms with Crippen molar-refractivity contribution in [1.29, 1.82) is 0 Å². The summed E-state index contributed by atoms with van der Waals surface area (Å²) in [6, 6.07) is 22.4. The number of hydrogen-bond donors (Lipinski definition) is 0. The Hall–Kier alpha value is -3.60. The number of rotatable bonds is 6. The van der Waals surface area contributed by atoms with Crippen molar-refractivity contribution in [2.45, 2.75) is 25.7 Å². The fraction of sp³-hybridized carbons (Fsp3) is 0.200. The lowest BCUT2D eigenvalue weighted by molar-refractivity contribution is 0.0738. The second-order valence-electron chi connectivity index (χ2n) is 7.25. The highest BCUT2D eigenvalue weighted by molar-refractivity contribution is 5.76. The maximum atomic E-state index is 6.27. The van der Waals surface area contributed by atoms with E-state index in [0.29, 0.717) is 13.2 Å². The highest BCUT2D eigenvalue weighted by Gasteiger charge is 2.38. The van der Waals surface area contributed by atoms with Crippen LogP contribution in [0, 0.1) is 0 Å². The molecule has 5 rings (SSSR count). The zero-order valence-electron chi connectivity index (χ0n) is 16.8. The number of aromatic nitrogens is 1. The molecule has 0 aliphatic carbocycles. The average Bonchev–Trinajstić information content (AvgIpc) is 3.25. The molecule has 30 heavy (non-hydrogen) atoms. The van der Waals surface area contributed by atoms with Crippen LogP contribution >= 0.6 is 0 Å². The summed E-state index contributed by atoms with van der Waals surface area (Å²) in [5, 5.41) is 0. The van der Waals surface area contributed by atoms with E-state index in [2.05, 4.69) is 52.4 Å². The third kappa shape index (κ3) is 3.43. The van der Waals surface area contributed by atoms with Gasteiger partial charge in [0.2, 0.25) is 0 Å². The molecule has 2 aromatic carbocycles. The van der Waals surface area contributed by atoms with E-state index in [1.54, 1.807) is 6.20 Å². The molecule has 3 aromatic rings. The van der Waals surface area contributed by atoms with Crippen molar-refractivity contribution in [2.75, 3.05) is 6.61 Å². The minimum Gasteiger partial charge on any atom is -0.494 e. The first-order valence-corrected chi connectivity index (χ1v) is 10.2. The molecule has 0 saturated carbocycles. The fourth-order valence-electron chi connectivity index (χ4n) is 3.96. The van der Waals surface area contributed by atoms with Crippen LogP contribution in [0.15, 0.2) is 83.8 Å². The summed E-state index contributed by atoms with van der Waals surface area (Å²) in [7, 11) is 0. The van der Waals surface area contributed by atoms with Gasteiger partial charge in [0, 0.05) is 18.5 Å². The monoisotopic (exact) mass is 397 g/mol. The van der Waals surface area contributed by atoms with Gasteiger partial charge >= 0.3 is 0 Å². The molecule has 5 heteroatoms. The first-order valence-electron chi connectivity index (χ1n) is 10.2. The van der Waals surface area contributed by atoms with E-state index in [1.165, 1.54) is 5.56 Å². The summed E-state index contributed by atoms with van der Waals surface area (Å²) >= 11 is 0. The van der Waals surface area contributed by atoms with Crippen molar-refractivity contribution in [2.24, 2.45) is 4.99 Å². The van der Waals surface area contributed by atoms with Gasteiger partial charge in [-0.1, -0.05) is 42.5 Å². The van der Waals surface area contributed by atoms with Crippen LogP contribution in [0.5, 0.6) is 5.75 Å². The molecule has 0 radical (unpaired) electrons. The van der Waals surface area contributed by atoms with Gasteiger partial charge in [0.1, 0.15) is 18.5 Å². The molecular formula is C25H23N3O2. The van der Waals surface area contributed by atoms with E-state index in [9.17, 15) is 0 Å². The van der Waals surface area contributed by atoms with Crippen molar-refractivity contribution in [3.05, 3.63) is 101 Å². The van der Waals surface area contributed by atoms with E-state index in [-0.39, 0.29) is 12.2 Å². The van der Waals surface area contributed by atoms with Gasteiger partial charge in [-0.15, -0.1) is 0 Å². The second kappa shape index (κ2) is 8.03. The third-order valence-electron chi connectivity index (χ3n) is 5.36. The van der Waals surface area contributed by atoms with E-state index in [0.717, 1.165) is 28.5 Å². The summed E-state index contributed by atoms with van der Waals surface area (Å²) in [5.74, 6) is 1.67. The van der Waals surface area contributed by atoms with Crippen LogP contribution in [-0.4, -0.2) is 22.7 Å². The van der Waals surface area contributed by atoms with Crippen molar-refractivity contribution in [3.8, 4) is 5.75 Å². The number of pyridine rings is 1. The lowest BCUT2D eigenvalue weighted by Crippen LogP contribution is -2.31. The van der Waals surface area contributed by atoms with Gasteiger partial charge in [0.25, 0.3) is 0 Å². The third-order valence-corrected chi connectivity index (χ3v) is 5.36. The molecule has 0 amide bonds. The number of benzene rings is 2. The van der Waals surface area contributed by atoms with Crippen molar-refractivity contribution in [3.63, 3.8) is 0 Å². The Bertz CT molecular complexity index is 1080. The molecule has 1 aromatic heterocycles. The van der Waals surface area contributed by atoms with Crippen LogP contribution < -0.4 is 4.74 Å². The van der Waals surface area contributed by atoms with Crippen molar-refractivity contribution < 1.29 is 9.47 Å². The Labute approximate surface area is 176 Å². The molecule has 2 aliphatic rings. The molecule has 2 unspecified atom stereocenters. The molecule has 2 aliphatic heterocycles. The van der Waals surface area contributed by atoms with E-state index in [4.69, 9.17) is 14.5 Å². The number of fused-ring (bicyclic) bond motifs is 3. The van der Waals surface area contributed by atoms with Crippen LogP contribution in [0.1, 0.15) is 41.5 Å². The van der Waals surface area contributed by atoms with Gasteiger partial charge in [-0.3, -0.25) is 9.98 Å². The second-order valence-corrected chi connectivity index (χ2v) is 7.25. The van der Waals surface area contributed by atoms with Crippen molar-refractivity contribution in [1.82, 2.24) is 9.88 Å². The summed E-state index contributed by atoms with van der Waals surface area (Å²) < 4.78 is 11.9. The highest BCUT2D eigenvalue weighted by Crippen LogP contribution is 2.44. The maximum Gasteiger partial charge on any atom is 0.193 e. The molecule has 0 saturated heterocycles. The largest absolute Gasteiger partial charge is 0.494 e. The molecule has 0 N–H and O–H groups in total. The van der Waals surface area contributed by atoms with Gasteiger partial charge < -0.3 is 14.4 Å². The number of ether oxygens (including phenoxy) is 2. The minimum atomic E-state index is -0.144. The van der Waals surface area contributed by atoms with Gasteiger partial charge in [0.05, 0.1) is 18.3 Å². The first kappa shape index (κ1) is 18.4. The zero-order valence-corrected chi connectivity index (χ0v) is 16.8. The van der Waals surface area contributed by atoms with Gasteiger partial charge in [-0.25, -0.2) is 0 Å². The maximum absolute atomic E-state index is 6.27. The van der Waals surface area contributed by atoms with E-state index in [1.807, 2.05) is 43.5 Å². The Morgan fingerprint density at radius 1 is 0.933 bits per heavy atom. The Morgan fingerprint density at radius 2 is 1.77 bits per heavy atom. The Morgan fingerprint density at radius 3 is 2.57 bits per heavy atom. The predicted molar refractivity (Wildman–Crippen MR) is 117 cm³/mol. The van der Waals surface area contributed by atoms with Crippen LogP contribution in [0.3, 0.4) is 0 Å². The molecule has 3 heterocycles. The Kier molecular flexibility index (Phi) is 4.93. The smallest absolute Gasteiger partial charge is 0.193 e. The molecule has 2 atom stereocenters. The van der Waals surface area contributed by atoms with Crippen LogP contribution in [0.2, 0.25) is 0 Å². The van der Waals surface area contributed by atoms with Crippen LogP contribution in [0.25, 0.3) is 6.08 Å². The summed E-state index contributed by atoms with van der Waals surface area (Å²) in [4.78, 5) is 11.5. The molecule has 0 spiro atoms. The molecule has 0 bridgehead atoms. The summed E-state index contributed by atoms with van der Waals surface area (Å²) in [6.45, 7) is 3.05. The highest BCUT2D eigenvalue weighted by atomic mass is 16.5. The topological polar surface area (TPSA) is 47.0 Å². The number of hydrogen-bond acceptors (Lipinski definition) is 5. The van der Waals surface area contributed by atoms with Gasteiger partial charge in [-0.2, -0.15) is 0 Å². The van der Waals surface area contributed by atoms with Crippen LogP contribution in [-0.2, 0) is 11.3 Å². The summed E-state index contributed by atoms with van der Waals surface area (Å²) in [6.07, 6.45) is 5.77. The van der Waals surface area contributed by atoms with Crippen LogP contribution in [0.4, 0.5) is 0 Å². The first-order chi connectivity index (χ1) is 14.8. The molecule has 5 nitrogen and oxygen atoms in total. The summed E-state index contributed by atoms with van der Waals surface area (Å²) in [5.41, 5.74) is 4.39. The fourth-order valence-corrected chi connectivity index (χ4v) is 3.96. The molecule has 0 fully saturated rings. The lowest BCUT2D eigenvalue weighted by atomic mass is 9.96. The minimum absolute atomic E-state index is 0.0431. The van der Waals surface area contributed by atoms with Gasteiger partial charge in [-0.05, 0) is 47.9 Å². The van der Waals surface area contributed by atoms with Crippen molar-refractivity contribution >= 4 is 12.3 Å². The van der Waals surface area contributed by atoms with E-state index < -0.39 is 0 Å². The molecular weight excluding hydrogens is 374 g/mol. The Balaban J connectivity index is 1.47. The number of aliphatic imine (C=N–C) groups is 1.